The molecule has 0 radical (unpaired) electrons. The van der Waals surface area contributed by atoms with E-state index < -0.39 is 0 Å². The molecule has 2 nitrogen and oxygen atoms in total. The predicted molar refractivity (Wildman–Crippen MR) is 30.1 cm³/mol. The molecule has 7 heavy (non-hydrogen) atoms. The van der Waals surface area contributed by atoms with Crippen LogP contribution in [0.4, 0.5) is 0 Å². The molecule has 0 aromatic heterocycles. The minimum atomic E-state index is 0.403. The Morgan fingerprint density at radius 1 is 1.71 bits per heavy atom. The average Bonchev–Trinajstić information content (AvgIpc) is 1.91. The molecule has 42 valence electrons. The van der Waals surface area contributed by atoms with E-state index in [1.807, 2.05) is 0 Å². The van der Waals surface area contributed by atoms with Crippen molar-refractivity contribution in [1.82, 2.24) is 5.32 Å². The van der Waals surface area contributed by atoms with E-state index in [0.29, 0.717) is 12.1 Å². The molecule has 0 saturated carbocycles. The van der Waals surface area contributed by atoms with Crippen LogP contribution in [-0.4, -0.2) is 18.6 Å². The van der Waals surface area contributed by atoms with Crippen LogP contribution in [0.5, 0.6) is 0 Å². The van der Waals surface area contributed by atoms with Crippen LogP contribution in [-0.2, 0) is 0 Å². The molecule has 0 bridgehead atoms. The van der Waals surface area contributed by atoms with Gasteiger partial charge in [-0.3, -0.25) is 0 Å². The van der Waals surface area contributed by atoms with Gasteiger partial charge in [0.25, 0.3) is 0 Å². The monoisotopic (exact) mass is 100 g/mol. The standard InChI is InChI=1S/C5H12N2/c1-4-5(6)2-3-7-4/h4-5,7H,2-3,6H2,1H3/t4?,5-/m1/s1. The van der Waals surface area contributed by atoms with Crippen LogP contribution >= 0.6 is 0 Å². The molecule has 3 N–H and O–H groups in total. The first-order valence-electron chi connectivity index (χ1n) is 2.79. The lowest BCUT2D eigenvalue weighted by molar-refractivity contribution is 0.587. The quantitative estimate of drug-likeness (QED) is 0.438. The van der Waals surface area contributed by atoms with Crippen LogP contribution in [0.25, 0.3) is 0 Å². The summed E-state index contributed by atoms with van der Waals surface area (Å²) in [5.74, 6) is 0. The van der Waals surface area contributed by atoms with E-state index in [1.54, 1.807) is 0 Å². The maximum atomic E-state index is 5.62. The number of rotatable bonds is 0. The highest BCUT2D eigenvalue weighted by Gasteiger charge is 2.17. The fraction of sp³-hybridized carbons (Fsp3) is 1.00. The van der Waals surface area contributed by atoms with Gasteiger partial charge in [0.1, 0.15) is 0 Å². The highest BCUT2D eigenvalue weighted by atomic mass is 15.0. The van der Waals surface area contributed by atoms with Gasteiger partial charge in [-0.2, -0.15) is 0 Å². The maximum absolute atomic E-state index is 5.62. The molecule has 0 aromatic rings. The van der Waals surface area contributed by atoms with Crippen molar-refractivity contribution in [2.45, 2.75) is 25.4 Å². The summed E-state index contributed by atoms with van der Waals surface area (Å²) in [6.45, 7) is 3.22. The van der Waals surface area contributed by atoms with Gasteiger partial charge in [0.05, 0.1) is 0 Å². The molecule has 1 saturated heterocycles. The molecular formula is C5H12N2. The topological polar surface area (TPSA) is 38.0 Å². The molecule has 1 unspecified atom stereocenters. The molecule has 1 fully saturated rings. The lowest BCUT2D eigenvalue weighted by Crippen LogP contribution is -2.32. The van der Waals surface area contributed by atoms with Crippen molar-refractivity contribution in [2.75, 3.05) is 6.54 Å². The Bertz CT molecular complexity index is 55.1. The minimum Gasteiger partial charge on any atom is -0.326 e. The zero-order valence-electron chi connectivity index (χ0n) is 4.65. The van der Waals surface area contributed by atoms with Gasteiger partial charge in [0, 0.05) is 12.1 Å². The normalized spacial score (nSPS) is 42.0. The summed E-state index contributed by atoms with van der Waals surface area (Å²) in [5.41, 5.74) is 5.62. The Labute approximate surface area is 44.1 Å². The Morgan fingerprint density at radius 2 is 2.43 bits per heavy atom. The SMILES string of the molecule is CC1NCC[C@H]1N. The third-order valence-corrected chi connectivity index (χ3v) is 1.59. The zero-order valence-corrected chi connectivity index (χ0v) is 4.65. The lowest BCUT2D eigenvalue weighted by Gasteiger charge is -2.06. The van der Waals surface area contributed by atoms with Crippen LogP contribution in [0.2, 0.25) is 0 Å². The van der Waals surface area contributed by atoms with Gasteiger partial charge in [0.2, 0.25) is 0 Å². The molecule has 1 aliphatic heterocycles. The van der Waals surface area contributed by atoms with Crippen LogP contribution in [0.3, 0.4) is 0 Å². The molecule has 0 amide bonds. The van der Waals surface area contributed by atoms with Crippen molar-refractivity contribution in [2.24, 2.45) is 5.73 Å². The number of nitrogens with one attached hydrogen (secondary N) is 1. The van der Waals surface area contributed by atoms with E-state index in [-0.39, 0.29) is 0 Å². The first kappa shape index (κ1) is 5.06. The number of nitrogens with two attached hydrogens (primary N) is 1. The number of hydrogen-bond acceptors (Lipinski definition) is 2. The van der Waals surface area contributed by atoms with Gasteiger partial charge in [-0.25, -0.2) is 0 Å². The second-order valence-electron chi connectivity index (χ2n) is 2.20. The molecular weight excluding hydrogens is 88.1 g/mol. The third kappa shape index (κ3) is 0.924. The highest BCUT2D eigenvalue weighted by molar-refractivity contribution is 4.82. The van der Waals surface area contributed by atoms with Gasteiger partial charge in [0.15, 0.2) is 0 Å². The largest absolute Gasteiger partial charge is 0.326 e. The van der Waals surface area contributed by atoms with Crippen LogP contribution in [0.15, 0.2) is 0 Å². The van der Waals surface area contributed by atoms with Crippen molar-refractivity contribution in [1.29, 1.82) is 0 Å². The van der Waals surface area contributed by atoms with Crippen molar-refractivity contribution in [3.63, 3.8) is 0 Å². The summed E-state index contributed by atoms with van der Waals surface area (Å²) in [4.78, 5) is 0. The Morgan fingerprint density at radius 3 is 2.57 bits per heavy atom. The highest BCUT2D eigenvalue weighted by Crippen LogP contribution is 2.00. The first-order chi connectivity index (χ1) is 3.30. The zero-order chi connectivity index (χ0) is 5.28. The molecule has 0 aromatic carbocycles. The van der Waals surface area contributed by atoms with Gasteiger partial charge in [-0.1, -0.05) is 0 Å². The molecule has 1 heterocycles. The second-order valence-corrected chi connectivity index (χ2v) is 2.20. The average molecular weight is 100 g/mol. The van der Waals surface area contributed by atoms with E-state index in [4.69, 9.17) is 5.73 Å². The molecule has 1 aliphatic rings. The van der Waals surface area contributed by atoms with Crippen LogP contribution in [0.1, 0.15) is 13.3 Å². The van der Waals surface area contributed by atoms with Crippen molar-refractivity contribution < 1.29 is 0 Å². The van der Waals surface area contributed by atoms with E-state index in [0.717, 1.165) is 13.0 Å². The molecule has 2 atom stereocenters. The van der Waals surface area contributed by atoms with Crippen molar-refractivity contribution in [3.8, 4) is 0 Å². The van der Waals surface area contributed by atoms with Crippen LogP contribution in [0, 0.1) is 0 Å². The molecule has 0 aliphatic carbocycles. The first-order valence-corrected chi connectivity index (χ1v) is 2.79. The summed E-state index contributed by atoms with van der Waals surface area (Å²) in [5, 5.41) is 3.24. The number of hydrogen-bond donors (Lipinski definition) is 2. The summed E-state index contributed by atoms with van der Waals surface area (Å²) >= 11 is 0. The predicted octanol–water partition coefficient (Wildman–Crippen LogP) is -0.305. The van der Waals surface area contributed by atoms with Crippen LogP contribution < -0.4 is 11.1 Å². The summed E-state index contributed by atoms with van der Waals surface area (Å²) in [6, 6.07) is 0.944. The summed E-state index contributed by atoms with van der Waals surface area (Å²) in [7, 11) is 0. The van der Waals surface area contributed by atoms with Crippen molar-refractivity contribution in [3.05, 3.63) is 0 Å². The van der Waals surface area contributed by atoms with Gasteiger partial charge in [-0.15, -0.1) is 0 Å². The van der Waals surface area contributed by atoms with Gasteiger partial charge >= 0.3 is 0 Å². The van der Waals surface area contributed by atoms with E-state index >= 15 is 0 Å². The Hall–Kier alpha value is -0.0800. The van der Waals surface area contributed by atoms with E-state index in [9.17, 15) is 0 Å². The Balaban J connectivity index is 2.33. The van der Waals surface area contributed by atoms with E-state index in [2.05, 4.69) is 12.2 Å². The fourth-order valence-electron chi connectivity index (χ4n) is 0.879. The van der Waals surface area contributed by atoms with Gasteiger partial charge in [-0.05, 0) is 19.9 Å². The minimum absolute atomic E-state index is 0.403. The molecule has 1 rings (SSSR count). The fourth-order valence-corrected chi connectivity index (χ4v) is 0.879. The maximum Gasteiger partial charge on any atom is 0.0203 e. The lowest BCUT2D eigenvalue weighted by atomic mass is 10.2. The Kier molecular flexibility index (Phi) is 1.30. The van der Waals surface area contributed by atoms with E-state index in [1.165, 1.54) is 0 Å². The summed E-state index contributed by atoms with van der Waals surface area (Å²) in [6.07, 6.45) is 1.14. The smallest absolute Gasteiger partial charge is 0.0203 e. The second kappa shape index (κ2) is 1.80. The van der Waals surface area contributed by atoms with Crippen molar-refractivity contribution >= 4 is 0 Å². The third-order valence-electron chi connectivity index (χ3n) is 1.59. The molecule has 0 spiro atoms. The summed E-state index contributed by atoms with van der Waals surface area (Å²) < 4.78 is 0. The molecule has 2 heteroatoms. The van der Waals surface area contributed by atoms with Gasteiger partial charge < -0.3 is 11.1 Å².